The van der Waals surface area contributed by atoms with E-state index in [4.69, 9.17) is 5.73 Å². The SMILES string of the molecule is Cc1ccccc1N1CCN(CCn2cc(CCN)c3ccccc32)CC1. The quantitative estimate of drug-likeness (QED) is 0.731. The molecule has 0 atom stereocenters. The van der Waals surface area contributed by atoms with Gasteiger partial charge in [0.15, 0.2) is 0 Å². The fraction of sp³-hybridized carbons (Fsp3) is 0.391. The van der Waals surface area contributed by atoms with E-state index in [0.29, 0.717) is 6.54 Å². The standard InChI is InChI=1S/C23H30N4/c1-19-6-2-4-8-22(19)26-15-12-25(13-16-26)14-17-27-18-20(10-11-24)21-7-3-5-9-23(21)27/h2-9,18H,10-17,24H2,1H3. The third kappa shape index (κ3) is 3.87. The third-order valence-electron chi connectivity index (χ3n) is 5.77. The van der Waals surface area contributed by atoms with Gasteiger partial charge in [-0.1, -0.05) is 36.4 Å². The number of aryl methyl sites for hydroxylation is 1. The van der Waals surface area contributed by atoms with Crippen LogP contribution >= 0.6 is 0 Å². The summed E-state index contributed by atoms with van der Waals surface area (Å²) < 4.78 is 2.41. The van der Waals surface area contributed by atoms with Crippen molar-refractivity contribution < 1.29 is 0 Å². The second-order valence-electron chi connectivity index (χ2n) is 7.52. The Morgan fingerprint density at radius 3 is 2.41 bits per heavy atom. The van der Waals surface area contributed by atoms with E-state index < -0.39 is 0 Å². The molecular weight excluding hydrogens is 332 g/mol. The van der Waals surface area contributed by atoms with Crippen LogP contribution in [0.25, 0.3) is 10.9 Å². The van der Waals surface area contributed by atoms with Crippen LogP contribution in [0, 0.1) is 6.92 Å². The molecule has 4 nitrogen and oxygen atoms in total. The fourth-order valence-electron chi connectivity index (χ4n) is 4.24. The molecule has 1 aliphatic rings. The maximum Gasteiger partial charge on any atom is 0.0483 e. The summed E-state index contributed by atoms with van der Waals surface area (Å²) in [5.41, 5.74) is 11.3. The van der Waals surface area contributed by atoms with Gasteiger partial charge in [-0.15, -0.1) is 0 Å². The van der Waals surface area contributed by atoms with Crippen LogP contribution in [0.1, 0.15) is 11.1 Å². The Kier molecular flexibility index (Phi) is 5.46. The van der Waals surface area contributed by atoms with Crippen LogP contribution in [0.4, 0.5) is 5.69 Å². The molecule has 0 unspecified atom stereocenters. The number of nitrogens with two attached hydrogens (primary N) is 1. The lowest BCUT2D eigenvalue weighted by atomic mass is 10.1. The lowest BCUT2D eigenvalue weighted by Gasteiger charge is -2.36. The van der Waals surface area contributed by atoms with Crippen molar-refractivity contribution in [3.63, 3.8) is 0 Å². The van der Waals surface area contributed by atoms with Crippen molar-refractivity contribution in [3.05, 3.63) is 65.9 Å². The van der Waals surface area contributed by atoms with Gasteiger partial charge in [0, 0.05) is 62.1 Å². The Hall–Kier alpha value is -2.30. The summed E-state index contributed by atoms with van der Waals surface area (Å²) in [7, 11) is 0. The van der Waals surface area contributed by atoms with Gasteiger partial charge < -0.3 is 15.2 Å². The Balaban J connectivity index is 1.38. The van der Waals surface area contributed by atoms with Crippen molar-refractivity contribution in [2.24, 2.45) is 5.73 Å². The van der Waals surface area contributed by atoms with Crippen molar-refractivity contribution in [1.82, 2.24) is 9.47 Å². The number of anilines is 1. The lowest BCUT2D eigenvalue weighted by molar-refractivity contribution is 0.249. The summed E-state index contributed by atoms with van der Waals surface area (Å²) in [4.78, 5) is 5.11. The Labute approximate surface area is 162 Å². The Bertz CT molecular complexity index is 890. The first kappa shape index (κ1) is 18.1. The van der Waals surface area contributed by atoms with Crippen molar-refractivity contribution in [2.75, 3.05) is 44.2 Å². The predicted octanol–water partition coefficient (Wildman–Crippen LogP) is 3.27. The summed E-state index contributed by atoms with van der Waals surface area (Å²) in [6.45, 7) is 9.52. The first-order valence-electron chi connectivity index (χ1n) is 10.1. The van der Waals surface area contributed by atoms with Crippen LogP contribution in [0.2, 0.25) is 0 Å². The molecule has 27 heavy (non-hydrogen) atoms. The average Bonchev–Trinajstić information content (AvgIpc) is 3.06. The molecule has 1 saturated heterocycles. The highest BCUT2D eigenvalue weighted by Gasteiger charge is 2.18. The van der Waals surface area contributed by atoms with Crippen LogP contribution in [0.3, 0.4) is 0 Å². The van der Waals surface area contributed by atoms with Gasteiger partial charge in [0.2, 0.25) is 0 Å². The maximum atomic E-state index is 5.80. The largest absolute Gasteiger partial charge is 0.369 e. The second-order valence-corrected chi connectivity index (χ2v) is 7.52. The zero-order valence-electron chi connectivity index (χ0n) is 16.3. The normalized spacial score (nSPS) is 15.6. The van der Waals surface area contributed by atoms with E-state index in [9.17, 15) is 0 Å². The topological polar surface area (TPSA) is 37.4 Å². The summed E-state index contributed by atoms with van der Waals surface area (Å²) >= 11 is 0. The van der Waals surface area contributed by atoms with Crippen molar-refractivity contribution in [3.8, 4) is 0 Å². The van der Waals surface area contributed by atoms with Crippen molar-refractivity contribution >= 4 is 16.6 Å². The third-order valence-corrected chi connectivity index (χ3v) is 5.77. The number of hydrogen-bond acceptors (Lipinski definition) is 3. The molecule has 0 aliphatic carbocycles. The van der Waals surface area contributed by atoms with Gasteiger partial charge in [0.05, 0.1) is 0 Å². The number of fused-ring (bicyclic) bond motifs is 1. The van der Waals surface area contributed by atoms with Crippen LogP contribution < -0.4 is 10.6 Å². The lowest BCUT2D eigenvalue weighted by Crippen LogP contribution is -2.47. The molecule has 142 valence electrons. The summed E-state index contributed by atoms with van der Waals surface area (Å²) in [5, 5.41) is 1.35. The van der Waals surface area contributed by atoms with E-state index in [0.717, 1.165) is 45.7 Å². The molecule has 2 heterocycles. The van der Waals surface area contributed by atoms with E-state index in [1.54, 1.807) is 0 Å². The molecule has 2 N–H and O–H groups in total. The molecule has 0 amide bonds. The first-order chi connectivity index (χ1) is 13.3. The van der Waals surface area contributed by atoms with Gasteiger partial charge in [-0.25, -0.2) is 0 Å². The Morgan fingerprint density at radius 1 is 0.889 bits per heavy atom. The molecule has 0 saturated carbocycles. The van der Waals surface area contributed by atoms with E-state index in [-0.39, 0.29) is 0 Å². The molecule has 1 aliphatic heterocycles. The molecule has 3 aromatic rings. The van der Waals surface area contributed by atoms with E-state index in [1.807, 2.05) is 0 Å². The number of nitrogens with zero attached hydrogens (tertiary/aromatic N) is 3. The number of piperazine rings is 1. The fourth-order valence-corrected chi connectivity index (χ4v) is 4.24. The zero-order chi connectivity index (χ0) is 18.6. The predicted molar refractivity (Wildman–Crippen MR) is 115 cm³/mol. The number of hydrogen-bond donors (Lipinski definition) is 1. The molecule has 1 fully saturated rings. The van der Waals surface area contributed by atoms with E-state index >= 15 is 0 Å². The van der Waals surface area contributed by atoms with Gasteiger partial charge in [-0.3, -0.25) is 4.90 Å². The van der Waals surface area contributed by atoms with E-state index in [2.05, 4.69) is 76.0 Å². The van der Waals surface area contributed by atoms with E-state index in [1.165, 1.54) is 27.7 Å². The summed E-state index contributed by atoms with van der Waals surface area (Å²) in [5.74, 6) is 0. The highest BCUT2D eigenvalue weighted by atomic mass is 15.3. The minimum absolute atomic E-state index is 0.703. The number of aromatic nitrogens is 1. The molecule has 4 rings (SSSR count). The smallest absolute Gasteiger partial charge is 0.0483 e. The maximum absolute atomic E-state index is 5.80. The van der Waals surface area contributed by atoms with Crippen LogP contribution in [-0.4, -0.2) is 48.7 Å². The number of para-hydroxylation sites is 2. The van der Waals surface area contributed by atoms with Gasteiger partial charge in [0.1, 0.15) is 0 Å². The van der Waals surface area contributed by atoms with Crippen molar-refractivity contribution in [1.29, 1.82) is 0 Å². The monoisotopic (exact) mass is 362 g/mol. The first-order valence-corrected chi connectivity index (χ1v) is 10.1. The molecule has 0 bridgehead atoms. The van der Waals surface area contributed by atoms with Gasteiger partial charge >= 0.3 is 0 Å². The molecule has 0 radical (unpaired) electrons. The summed E-state index contributed by atoms with van der Waals surface area (Å²) in [6.07, 6.45) is 3.25. The molecule has 4 heteroatoms. The van der Waals surface area contributed by atoms with Gasteiger partial charge in [-0.05, 0) is 43.1 Å². The minimum atomic E-state index is 0.703. The molecular formula is C23H30N4. The van der Waals surface area contributed by atoms with Gasteiger partial charge in [0.25, 0.3) is 0 Å². The van der Waals surface area contributed by atoms with Crippen LogP contribution in [0.5, 0.6) is 0 Å². The zero-order valence-corrected chi connectivity index (χ0v) is 16.3. The minimum Gasteiger partial charge on any atom is -0.369 e. The molecule has 1 aromatic heterocycles. The van der Waals surface area contributed by atoms with Crippen LogP contribution in [-0.2, 0) is 13.0 Å². The molecule has 2 aromatic carbocycles. The number of benzene rings is 2. The highest BCUT2D eigenvalue weighted by Crippen LogP contribution is 2.23. The van der Waals surface area contributed by atoms with Crippen LogP contribution in [0.15, 0.2) is 54.7 Å². The van der Waals surface area contributed by atoms with Crippen molar-refractivity contribution in [2.45, 2.75) is 19.9 Å². The van der Waals surface area contributed by atoms with Gasteiger partial charge in [-0.2, -0.15) is 0 Å². The highest BCUT2D eigenvalue weighted by molar-refractivity contribution is 5.84. The average molecular weight is 363 g/mol. The number of rotatable bonds is 6. The molecule has 0 spiro atoms. The second kappa shape index (κ2) is 8.15. The Morgan fingerprint density at radius 2 is 1.63 bits per heavy atom. The summed E-state index contributed by atoms with van der Waals surface area (Å²) in [6, 6.07) is 17.4.